The summed E-state index contributed by atoms with van der Waals surface area (Å²) in [5.41, 5.74) is 4.71. The van der Waals surface area contributed by atoms with Crippen LogP contribution in [-0.2, 0) is 17.7 Å². The number of nitrogens with zero attached hydrogens (tertiary/aromatic N) is 8. The van der Waals surface area contributed by atoms with Crippen molar-refractivity contribution in [1.82, 2.24) is 40.0 Å². The fraction of sp³-hybridized carbons (Fsp3) is 0.0667. The monoisotopic (exact) mass is 604 g/mol. The van der Waals surface area contributed by atoms with Crippen LogP contribution in [0.25, 0.3) is 31.2 Å². The van der Waals surface area contributed by atoms with Crippen LogP contribution in [0, 0.1) is 0 Å². The van der Waals surface area contributed by atoms with Crippen LogP contribution in [0.1, 0.15) is 11.1 Å². The van der Waals surface area contributed by atoms with Crippen LogP contribution in [0.15, 0.2) is 103 Å². The van der Waals surface area contributed by atoms with Gasteiger partial charge in [0, 0.05) is 5.30 Å². The topological polar surface area (TPSA) is 104 Å². The Kier molecular flexibility index (Phi) is 6.03. The van der Waals surface area contributed by atoms with Crippen molar-refractivity contribution < 1.29 is 4.57 Å². The van der Waals surface area contributed by atoms with E-state index >= 15 is 4.57 Å². The van der Waals surface area contributed by atoms with Crippen LogP contribution in [0.4, 0.5) is 0 Å². The normalized spacial score (nSPS) is 13.2. The van der Waals surface area contributed by atoms with E-state index in [4.69, 9.17) is 9.97 Å². The van der Waals surface area contributed by atoms with E-state index in [1.54, 1.807) is 9.36 Å². The minimum absolute atomic E-state index is 0.569. The first kappa shape index (κ1) is 25.2. The van der Waals surface area contributed by atoms with Crippen LogP contribution >= 0.6 is 29.8 Å². The molecule has 0 fully saturated rings. The van der Waals surface area contributed by atoms with Gasteiger partial charge in [0.15, 0.2) is 0 Å². The molecule has 0 amide bonds. The van der Waals surface area contributed by atoms with Crippen molar-refractivity contribution in [1.29, 1.82) is 0 Å². The van der Waals surface area contributed by atoms with Gasteiger partial charge in [0.2, 0.25) is 7.14 Å². The molecular formula is C30H21N8OPS2. The first-order valence-corrected chi connectivity index (χ1v) is 16.6. The van der Waals surface area contributed by atoms with Crippen molar-refractivity contribution in [3.05, 3.63) is 115 Å². The molecule has 42 heavy (non-hydrogen) atoms. The number of aromatic nitrogens is 8. The maximum atomic E-state index is 15.0. The summed E-state index contributed by atoms with van der Waals surface area (Å²) < 4.78 is 18.6. The summed E-state index contributed by atoms with van der Waals surface area (Å²) in [6.45, 7) is 1.21. The van der Waals surface area contributed by atoms with Crippen LogP contribution in [0.2, 0.25) is 0 Å². The predicted molar refractivity (Wildman–Crippen MR) is 165 cm³/mol. The summed E-state index contributed by atoms with van der Waals surface area (Å²) in [5, 5.41) is 19.5. The van der Waals surface area contributed by atoms with E-state index in [2.05, 4.69) is 44.9 Å². The number of fused-ring (bicyclic) bond motifs is 3. The Morgan fingerprint density at radius 2 is 1.02 bits per heavy atom. The Hall–Kier alpha value is -4.57. The van der Waals surface area contributed by atoms with E-state index in [1.807, 2.05) is 79.1 Å². The van der Waals surface area contributed by atoms with E-state index in [9.17, 15) is 0 Å². The highest BCUT2D eigenvalue weighted by molar-refractivity contribution is 7.87. The minimum atomic E-state index is -3.31. The van der Waals surface area contributed by atoms with Crippen molar-refractivity contribution in [2.45, 2.75) is 13.1 Å². The lowest BCUT2D eigenvalue weighted by Gasteiger charge is -2.11. The van der Waals surface area contributed by atoms with Gasteiger partial charge in [-0.3, -0.25) is 0 Å². The van der Waals surface area contributed by atoms with Gasteiger partial charge in [-0.25, -0.2) is 19.3 Å². The second kappa shape index (κ2) is 10.1. The second-order valence-electron chi connectivity index (χ2n) is 9.86. The number of benzene rings is 3. The van der Waals surface area contributed by atoms with Gasteiger partial charge < -0.3 is 4.57 Å². The summed E-state index contributed by atoms with van der Waals surface area (Å²) in [6, 6.07) is 29.7. The zero-order valence-corrected chi connectivity index (χ0v) is 24.5. The van der Waals surface area contributed by atoms with E-state index in [1.165, 1.54) is 22.7 Å². The first-order valence-electron chi connectivity index (χ1n) is 13.2. The standard InChI is InChI=1S/C30H21N8OPS2/c39-40(22-14-8-3-9-15-22)27-25(41-29(31-27)23-18-37(35-33-23)16-20-10-4-1-5-11-20)26-28(40)32-30(42-26)24-19-38(36-34-24)17-21-12-6-2-7-13-21/h1-15,18-19H,16-17H2. The minimum Gasteiger partial charge on any atom is -0.305 e. The molecule has 3 aromatic carbocycles. The van der Waals surface area contributed by atoms with Crippen molar-refractivity contribution in [3.8, 4) is 31.2 Å². The molecule has 0 atom stereocenters. The number of rotatable bonds is 7. The van der Waals surface area contributed by atoms with Crippen molar-refractivity contribution in [3.63, 3.8) is 0 Å². The number of thiazole rings is 2. The molecule has 5 heterocycles. The predicted octanol–water partition coefficient (Wildman–Crippen LogP) is 4.83. The fourth-order valence-corrected chi connectivity index (χ4v) is 10.9. The van der Waals surface area contributed by atoms with Crippen molar-refractivity contribution >= 4 is 46.0 Å². The largest absolute Gasteiger partial charge is 0.305 e. The van der Waals surface area contributed by atoms with Gasteiger partial charge in [-0.15, -0.1) is 32.9 Å². The van der Waals surface area contributed by atoms with E-state index in [0.717, 1.165) is 20.9 Å². The molecule has 0 aliphatic carbocycles. The zero-order chi connectivity index (χ0) is 28.1. The van der Waals surface area contributed by atoms with Crippen molar-refractivity contribution in [2.75, 3.05) is 0 Å². The van der Waals surface area contributed by atoms with Gasteiger partial charge in [-0.1, -0.05) is 101 Å². The summed E-state index contributed by atoms with van der Waals surface area (Å²) in [7, 11) is -3.31. The van der Waals surface area contributed by atoms with E-state index in [0.29, 0.717) is 50.7 Å². The molecule has 8 rings (SSSR count). The van der Waals surface area contributed by atoms with E-state index < -0.39 is 7.14 Å². The first-order chi connectivity index (χ1) is 20.6. The summed E-state index contributed by atoms with van der Waals surface area (Å²) in [5.74, 6) is 0. The Bertz CT molecular complexity index is 1960. The van der Waals surface area contributed by atoms with Crippen LogP contribution in [0.3, 0.4) is 0 Å². The molecule has 7 aromatic rings. The highest BCUT2D eigenvalue weighted by atomic mass is 32.1. The quantitative estimate of drug-likeness (QED) is 0.240. The zero-order valence-electron chi connectivity index (χ0n) is 22.0. The summed E-state index contributed by atoms with van der Waals surface area (Å²) >= 11 is 2.96. The molecule has 1 aliphatic heterocycles. The molecule has 0 spiro atoms. The van der Waals surface area contributed by atoms with Gasteiger partial charge in [0.1, 0.15) is 32.3 Å². The highest BCUT2D eigenvalue weighted by Gasteiger charge is 2.47. The van der Waals surface area contributed by atoms with Gasteiger partial charge in [-0.05, 0) is 11.1 Å². The molecule has 4 aromatic heterocycles. The Labute approximate surface area is 248 Å². The lowest BCUT2D eigenvalue weighted by atomic mass is 10.2. The SMILES string of the molecule is O=P1(c2ccccc2)c2nc(-c3cn(Cc4ccccc4)nn3)sc2-c2sc(-c3cn(Cc4ccccc4)nn3)nc21. The smallest absolute Gasteiger partial charge is 0.209 e. The molecular weight excluding hydrogens is 583 g/mol. The third-order valence-corrected chi connectivity index (χ3v) is 12.5. The molecule has 1 aliphatic rings. The average molecular weight is 605 g/mol. The molecule has 0 radical (unpaired) electrons. The van der Waals surface area contributed by atoms with Crippen molar-refractivity contribution in [2.24, 2.45) is 0 Å². The van der Waals surface area contributed by atoms with Crippen LogP contribution in [-0.4, -0.2) is 40.0 Å². The lowest BCUT2D eigenvalue weighted by Crippen LogP contribution is -2.23. The van der Waals surface area contributed by atoms with Crippen LogP contribution < -0.4 is 16.2 Å². The van der Waals surface area contributed by atoms with Gasteiger partial charge in [-0.2, -0.15) is 0 Å². The van der Waals surface area contributed by atoms with Gasteiger partial charge in [0.25, 0.3) is 0 Å². The Morgan fingerprint density at radius 1 is 0.595 bits per heavy atom. The van der Waals surface area contributed by atoms with E-state index in [-0.39, 0.29) is 0 Å². The Morgan fingerprint density at radius 3 is 1.48 bits per heavy atom. The molecule has 0 N–H and O–H groups in total. The van der Waals surface area contributed by atoms with Gasteiger partial charge >= 0.3 is 0 Å². The molecule has 0 unspecified atom stereocenters. The third-order valence-electron chi connectivity index (χ3n) is 7.03. The second-order valence-corrected chi connectivity index (χ2v) is 14.4. The molecule has 0 bridgehead atoms. The highest BCUT2D eigenvalue weighted by Crippen LogP contribution is 2.56. The average Bonchev–Trinajstić information content (AvgIpc) is 3.85. The summed E-state index contributed by atoms with van der Waals surface area (Å²) in [6.07, 6.45) is 3.77. The van der Waals surface area contributed by atoms with Gasteiger partial charge in [0.05, 0.1) is 35.2 Å². The number of hydrogen-bond acceptors (Lipinski definition) is 9. The lowest BCUT2D eigenvalue weighted by molar-refractivity contribution is 0.592. The fourth-order valence-electron chi connectivity index (χ4n) is 5.04. The maximum Gasteiger partial charge on any atom is 0.209 e. The maximum absolute atomic E-state index is 15.0. The number of hydrogen-bond donors (Lipinski definition) is 0. The summed E-state index contributed by atoms with van der Waals surface area (Å²) in [4.78, 5) is 11.6. The molecule has 9 nitrogen and oxygen atoms in total. The molecule has 0 saturated carbocycles. The Balaban J connectivity index is 1.18. The molecule has 204 valence electrons. The third kappa shape index (κ3) is 4.25. The molecule has 12 heteroatoms. The molecule has 0 saturated heterocycles. The van der Waals surface area contributed by atoms with Crippen LogP contribution in [0.5, 0.6) is 0 Å².